The summed E-state index contributed by atoms with van der Waals surface area (Å²) in [5, 5.41) is 32.1. The topological polar surface area (TPSA) is 172 Å². The molecule has 12 nitrogen and oxygen atoms in total. The van der Waals surface area contributed by atoms with E-state index in [1.54, 1.807) is 63.4 Å². The van der Waals surface area contributed by atoms with E-state index in [0.717, 1.165) is 16.7 Å². The van der Waals surface area contributed by atoms with E-state index in [1.165, 1.54) is 12.1 Å². The number of rotatable bonds is 11. The number of carbonyl (C=O) groups excluding carboxylic acids is 1. The second kappa shape index (κ2) is 14.4. The zero-order valence-electron chi connectivity index (χ0n) is 26.7. The van der Waals surface area contributed by atoms with Gasteiger partial charge in [-0.2, -0.15) is 4.98 Å². The van der Waals surface area contributed by atoms with Crippen molar-refractivity contribution in [3.05, 3.63) is 102 Å². The van der Waals surface area contributed by atoms with E-state index < -0.39 is 35.9 Å². The molecular weight excluding hydrogens is 619 g/mol. The Morgan fingerprint density at radius 1 is 0.958 bits per heavy atom. The lowest BCUT2D eigenvalue weighted by atomic mass is 10.0. The summed E-state index contributed by atoms with van der Waals surface area (Å²) in [6.45, 7) is 7.30. The molecule has 0 fully saturated rings. The Kier molecular flexibility index (Phi) is 10.1. The summed E-state index contributed by atoms with van der Waals surface area (Å²) < 4.78 is 25.8. The minimum absolute atomic E-state index is 0.00145. The first kappa shape index (κ1) is 33.7. The number of nitrogens with one attached hydrogen (secondary N) is 3. The number of carboxylic acids is 1. The predicted octanol–water partition coefficient (Wildman–Crippen LogP) is 6.23. The number of carbonyl (C=O) groups is 2. The number of aromatic nitrogens is 3. The molecule has 0 aliphatic carbocycles. The normalized spacial score (nSPS) is 12.6. The fourth-order valence-corrected chi connectivity index (χ4v) is 4.66. The van der Waals surface area contributed by atoms with Crippen molar-refractivity contribution >= 4 is 23.6 Å². The van der Waals surface area contributed by atoms with Gasteiger partial charge in [0.05, 0.1) is 5.56 Å². The Balaban J connectivity index is 1.19. The van der Waals surface area contributed by atoms with Crippen LogP contribution in [0, 0.1) is 12.7 Å². The number of benzene rings is 3. The van der Waals surface area contributed by atoms with Crippen LogP contribution in [-0.4, -0.2) is 55.4 Å². The molecule has 1 amide bonds. The van der Waals surface area contributed by atoms with E-state index in [4.69, 9.17) is 9.26 Å². The highest BCUT2D eigenvalue weighted by molar-refractivity contribution is 5.85. The number of anilines is 2. The minimum atomic E-state index is -1.45. The third-order valence-electron chi connectivity index (χ3n) is 7.01. The van der Waals surface area contributed by atoms with Crippen LogP contribution >= 0.6 is 0 Å². The van der Waals surface area contributed by atoms with Gasteiger partial charge >= 0.3 is 12.1 Å². The number of aryl methyl sites for hydroxylation is 1. The number of hydrogen-bond acceptors (Lipinski definition) is 10. The Bertz CT molecular complexity index is 1870. The summed E-state index contributed by atoms with van der Waals surface area (Å²) in [4.78, 5) is 32.6. The van der Waals surface area contributed by atoms with Crippen LogP contribution in [0.5, 0.6) is 0 Å². The molecule has 5 N–H and O–H groups in total. The highest BCUT2D eigenvalue weighted by Gasteiger charge is 2.23. The van der Waals surface area contributed by atoms with Gasteiger partial charge in [0.1, 0.15) is 23.3 Å². The SMILES string of the molecule is Cc1ccc(-c2ccc(NC(O)NC(Cc3ccc(-c4noc(-c5ccc(NC(=O)OC(C)(C)C)cc5)n4)c(F)c3)C(=O)O)nc2)cc1. The second-order valence-corrected chi connectivity index (χ2v) is 12.0. The summed E-state index contributed by atoms with van der Waals surface area (Å²) in [5.41, 5.74) is 3.83. The maximum absolute atomic E-state index is 15.2. The van der Waals surface area contributed by atoms with Crippen molar-refractivity contribution in [3.63, 3.8) is 0 Å². The van der Waals surface area contributed by atoms with Crippen LogP contribution in [-0.2, 0) is 16.0 Å². The number of pyridine rings is 1. The molecule has 0 saturated heterocycles. The zero-order chi connectivity index (χ0) is 34.4. The van der Waals surface area contributed by atoms with E-state index >= 15 is 4.39 Å². The molecule has 5 rings (SSSR count). The van der Waals surface area contributed by atoms with Gasteiger partial charge < -0.3 is 24.8 Å². The number of aliphatic hydroxyl groups excluding tert-OH is 1. The van der Waals surface area contributed by atoms with Crippen LogP contribution < -0.4 is 16.0 Å². The number of carboxylic acid groups (broad SMARTS) is 1. The molecule has 3 aromatic carbocycles. The van der Waals surface area contributed by atoms with Gasteiger partial charge in [-0.05, 0) is 93.8 Å². The summed E-state index contributed by atoms with van der Waals surface area (Å²) >= 11 is 0. The predicted molar refractivity (Wildman–Crippen MR) is 177 cm³/mol. The summed E-state index contributed by atoms with van der Waals surface area (Å²) in [6, 6.07) is 21.0. The van der Waals surface area contributed by atoms with Crippen molar-refractivity contribution < 1.29 is 33.5 Å². The molecule has 0 aliphatic rings. The molecule has 0 spiro atoms. The lowest BCUT2D eigenvalue weighted by Crippen LogP contribution is -2.48. The molecule has 248 valence electrons. The molecule has 0 radical (unpaired) electrons. The monoisotopic (exact) mass is 654 g/mol. The van der Waals surface area contributed by atoms with Gasteiger partial charge in [0.2, 0.25) is 5.82 Å². The Hall–Kier alpha value is -5.66. The van der Waals surface area contributed by atoms with Gasteiger partial charge in [-0.1, -0.05) is 41.1 Å². The van der Waals surface area contributed by atoms with E-state index in [1.807, 2.05) is 37.3 Å². The zero-order valence-corrected chi connectivity index (χ0v) is 26.7. The number of amides is 1. The first-order valence-electron chi connectivity index (χ1n) is 15.0. The lowest BCUT2D eigenvalue weighted by molar-refractivity contribution is -0.140. The van der Waals surface area contributed by atoms with Crippen molar-refractivity contribution in [3.8, 4) is 34.0 Å². The maximum Gasteiger partial charge on any atom is 0.412 e. The largest absolute Gasteiger partial charge is 0.480 e. The molecule has 2 heterocycles. The number of hydrogen-bond donors (Lipinski definition) is 5. The highest BCUT2D eigenvalue weighted by atomic mass is 19.1. The maximum atomic E-state index is 15.2. The molecule has 5 aromatic rings. The van der Waals surface area contributed by atoms with E-state index in [0.29, 0.717) is 22.6 Å². The Labute approximate surface area is 276 Å². The third-order valence-corrected chi connectivity index (χ3v) is 7.01. The van der Waals surface area contributed by atoms with E-state index in [-0.39, 0.29) is 23.7 Å². The standard InChI is InChI=1S/C35H35FN6O6/c1-20-5-8-22(9-6-20)24-12-16-29(37-19-24)40-33(45)39-28(32(43)44)18-21-7-15-26(27(36)17-21)30-41-31(48-42-30)23-10-13-25(14-11-23)38-34(46)47-35(2,3)4/h5-17,19,28,33,39,45H,18H2,1-4H3,(H,37,40)(H,38,46)(H,43,44). The Morgan fingerprint density at radius 3 is 2.27 bits per heavy atom. The van der Waals surface area contributed by atoms with Crippen molar-refractivity contribution in [2.45, 2.75) is 52.1 Å². The fourth-order valence-electron chi connectivity index (χ4n) is 4.66. The van der Waals surface area contributed by atoms with Crippen molar-refractivity contribution in [2.24, 2.45) is 0 Å². The number of ether oxygens (including phenoxy) is 1. The fraction of sp³-hybridized carbons (Fsp3) is 0.229. The van der Waals surface area contributed by atoms with Gasteiger partial charge in [-0.15, -0.1) is 0 Å². The average molecular weight is 655 g/mol. The van der Waals surface area contributed by atoms with E-state index in [9.17, 15) is 19.8 Å². The molecule has 2 atom stereocenters. The number of aliphatic hydroxyl groups is 1. The number of aliphatic carboxylic acids is 1. The molecule has 2 unspecified atom stereocenters. The molecule has 0 aliphatic heterocycles. The van der Waals surface area contributed by atoms with Crippen LogP contribution in [0.25, 0.3) is 34.0 Å². The first-order valence-corrected chi connectivity index (χ1v) is 15.0. The van der Waals surface area contributed by atoms with Gasteiger partial charge in [0.15, 0.2) is 6.35 Å². The van der Waals surface area contributed by atoms with Crippen LogP contribution in [0.3, 0.4) is 0 Å². The van der Waals surface area contributed by atoms with Gasteiger partial charge in [0, 0.05) is 23.0 Å². The highest BCUT2D eigenvalue weighted by Crippen LogP contribution is 2.26. The van der Waals surface area contributed by atoms with Crippen molar-refractivity contribution in [2.75, 3.05) is 10.6 Å². The molecule has 0 bridgehead atoms. The van der Waals surface area contributed by atoms with Crippen molar-refractivity contribution in [1.82, 2.24) is 20.4 Å². The quantitative estimate of drug-likeness (QED) is 0.102. The minimum Gasteiger partial charge on any atom is -0.480 e. The molecule has 13 heteroatoms. The average Bonchev–Trinajstić information content (AvgIpc) is 3.51. The molecule has 48 heavy (non-hydrogen) atoms. The van der Waals surface area contributed by atoms with Crippen LogP contribution in [0.4, 0.5) is 20.7 Å². The van der Waals surface area contributed by atoms with Crippen LogP contribution in [0.1, 0.15) is 31.9 Å². The summed E-state index contributed by atoms with van der Waals surface area (Å²) in [6.07, 6.45) is -0.530. The number of nitrogens with zero attached hydrogens (tertiary/aromatic N) is 3. The summed E-state index contributed by atoms with van der Waals surface area (Å²) in [7, 11) is 0. The van der Waals surface area contributed by atoms with Crippen LogP contribution in [0.15, 0.2) is 89.6 Å². The van der Waals surface area contributed by atoms with Crippen molar-refractivity contribution in [1.29, 1.82) is 0 Å². The molecule has 0 saturated carbocycles. The van der Waals surface area contributed by atoms with Crippen LogP contribution in [0.2, 0.25) is 0 Å². The summed E-state index contributed by atoms with van der Waals surface area (Å²) in [5.74, 6) is -1.46. The second-order valence-electron chi connectivity index (χ2n) is 12.0. The molecule has 2 aromatic heterocycles. The van der Waals surface area contributed by atoms with Gasteiger partial charge in [-0.25, -0.2) is 14.2 Å². The van der Waals surface area contributed by atoms with E-state index in [2.05, 4.69) is 31.1 Å². The third kappa shape index (κ3) is 8.99. The Morgan fingerprint density at radius 2 is 1.65 bits per heavy atom. The lowest BCUT2D eigenvalue weighted by Gasteiger charge is -2.21. The smallest absolute Gasteiger partial charge is 0.412 e. The first-order chi connectivity index (χ1) is 22.8. The number of halogens is 1. The molecular formula is C35H35FN6O6. The van der Waals surface area contributed by atoms with Gasteiger partial charge in [0.25, 0.3) is 5.89 Å². The van der Waals surface area contributed by atoms with Gasteiger partial charge in [-0.3, -0.25) is 15.4 Å².